The second-order valence-corrected chi connectivity index (χ2v) is 9.57. The minimum atomic E-state index is -4.12. The number of hydrogen-bond acceptors (Lipinski definition) is 3. The number of rotatable bonds is 3. The molecule has 1 atom stereocenters. The third-order valence-corrected chi connectivity index (χ3v) is 6.45. The maximum atomic E-state index is 14.1. The van der Waals surface area contributed by atoms with Gasteiger partial charge in [-0.3, -0.25) is 9.52 Å². The summed E-state index contributed by atoms with van der Waals surface area (Å²) in [5, 5.41) is 0. The van der Waals surface area contributed by atoms with E-state index in [4.69, 9.17) is 0 Å². The molecule has 0 fully saturated rings. The predicted molar refractivity (Wildman–Crippen MR) is 105 cm³/mol. The summed E-state index contributed by atoms with van der Waals surface area (Å²) in [5.41, 5.74) is 0.930. The number of hydrogen-bond donors (Lipinski definition) is 1. The zero-order valence-corrected chi connectivity index (χ0v) is 17.9. The number of carbonyl (C=O) groups excluding carboxylic acids is 1. The van der Waals surface area contributed by atoms with Crippen molar-refractivity contribution >= 4 is 59.2 Å². The van der Waals surface area contributed by atoms with Crippen molar-refractivity contribution in [2.24, 2.45) is 0 Å². The first-order valence-electron chi connectivity index (χ1n) is 7.70. The highest BCUT2D eigenvalue weighted by Crippen LogP contribution is 2.40. The summed E-state index contributed by atoms with van der Waals surface area (Å²) in [5.74, 6) is -0.948. The van der Waals surface area contributed by atoms with E-state index in [1.54, 1.807) is 6.07 Å². The first kappa shape index (κ1) is 19.3. The first-order valence-corrected chi connectivity index (χ1v) is 10.8. The van der Waals surface area contributed by atoms with Crippen molar-refractivity contribution in [2.75, 3.05) is 9.62 Å². The normalized spacial score (nSPS) is 16.5. The highest BCUT2D eigenvalue weighted by molar-refractivity contribution is 9.10. The number of sulfonamides is 1. The van der Waals surface area contributed by atoms with Crippen molar-refractivity contribution in [3.8, 4) is 0 Å². The van der Waals surface area contributed by atoms with Gasteiger partial charge in [0.15, 0.2) is 0 Å². The van der Waals surface area contributed by atoms with Crippen LogP contribution in [0.5, 0.6) is 0 Å². The molecule has 0 spiro atoms. The van der Waals surface area contributed by atoms with E-state index in [0.29, 0.717) is 21.1 Å². The second kappa shape index (κ2) is 6.94. The lowest BCUT2D eigenvalue weighted by Gasteiger charge is -2.23. The number of carbonyl (C=O) groups is 1. The van der Waals surface area contributed by atoms with Crippen LogP contribution in [-0.2, 0) is 21.2 Å². The van der Waals surface area contributed by atoms with Gasteiger partial charge in [-0.15, -0.1) is 0 Å². The molecule has 2 aromatic rings. The standard InChI is InChI=1S/C17H15Br2FN2O3S/c1-9-5-11-6-13(19)8-16(17(11)22(9)10(2)23)26(24,25)21-15-4-3-12(18)7-14(15)20/h3-4,6-9,21H,5H2,1-2H3/t9-/m1/s1. The Kier molecular flexibility index (Phi) is 5.15. The minimum Gasteiger partial charge on any atom is -0.308 e. The fraction of sp³-hybridized carbons (Fsp3) is 0.235. The van der Waals surface area contributed by atoms with Crippen LogP contribution in [-0.4, -0.2) is 20.4 Å². The highest BCUT2D eigenvalue weighted by Gasteiger charge is 2.35. The third-order valence-electron chi connectivity index (χ3n) is 4.12. The Morgan fingerprint density at radius 3 is 2.54 bits per heavy atom. The van der Waals surface area contributed by atoms with Crippen LogP contribution < -0.4 is 9.62 Å². The van der Waals surface area contributed by atoms with E-state index >= 15 is 0 Å². The molecule has 3 rings (SSSR count). The molecular formula is C17H15Br2FN2O3S. The number of nitrogens with one attached hydrogen (secondary N) is 1. The van der Waals surface area contributed by atoms with E-state index in [2.05, 4.69) is 36.6 Å². The van der Waals surface area contributed by atoms with Gasteiger partial charge in [0.2, 0.25) is 5.91 Å². The van der Waals surface area contributed by atoms with E-state index in [0.717, 1.165) is 5.56 Å². The van der Waals surface area contributed by atoms with Crippen LogP contribution in [0.3, 0.4) is 0 Å². The fourth-order valence-electron chi connectivity index (χ4n) is 3.13. The van der Waals surface area contributed by atoms with Gasteiger partial charge in [0, 0.05) is 21.9 Å². The van der Waals surface area contributed by atoms with Crippen LogP contribution in [0.1, 0.15) is 19.4 Å². The first-order chi connectivity index (χ1) is 12.1. The van der Waals surface area contributed by atoms with Crippen molar-refractivity contribution in [3.63, 3.8) is 0 Å². The molecule has 9 heteroatoms. The van der Waals surface area contributed by atoms with Gasteiger partial charge in [-0.1, -0.05) is 31.9 Å². The summed E-state index contributed by atoms with van der Waals surface area (Å²) in [4.78, 5) is 13.5. The van der Waals surface area contributed by atoms with Gasteiger partial charge in [0.05, 0.1) is 11.4 Å². The van der Waals surface area contributed by atoms with Crippen molar-refractivity contribution < 1.29 is 17.6 Å². The Bertz CT molecular complexity index is 1010. The Labute approximate surface area is 167 Å². The molecule has 0 saturated carbocycles. The van der Waals surface area contributed by atoms with Gasteiger partial charge in [-0.05, 0) is 49.2 Å². The van der Waals surface area contributed by atoms with Crippen molar-refractivity contribution in [3.05, 3.63) is 50.7 Å². The number of anilines is 2. The van der Waals surface area contributed by atoms with Crippen LogP contribution >= 0.6 is 31.9 Å². The topological polar surface area (TPSA) is 66.5 Å². The molecule has 1 heterocycles. The molecule has 0 radical (unpaired) electrons. The van der Waals surface area contributed by atoms with Crippen LogP contribution in [0.4, 0.5) is 15.8 Å². The molecule has 1 aliphatic rings. The molecule has 0 aliphatic carbocycles. The van der Waals surface area contributed by atoms with Crippen molar-refractivity contribution in [2.45, 2.75) is 31.2 Å². The molecule has 0 unspecified atom stereocenters. The van der Waals surface area contributed by atoms with Crippen LogP contribution in [0.15, 0.2) is 44.2 Å². The Morgan fingerprint density at radius 2 is 1.92 bits per heavy atom. The average Bonchev–Trinajstić information content (AvgIpc) is 2.84. The molecule has 1 N–H and O–H groups in total. The van der Waals surface area contributed by atoms with Gasteiger partial charge >= 0.3 is 0 Å². The van der Waals surface area contributed by atoms with Gasteiger partial charge in [-0.2, -0.15) is 0 Å². The number of benzene rings is 2. The Morgan fingerprint density at radius 1 is 1.23 bits per heavy atom. The van der Waals surface area contributed by atoms with Gasteiger partial charge in [0.1, 0.15) is 10.7 Å². The summed E-state index contributed by atoms with van der Waals surface area (Å²) in [6.07, 6.45) is 0.545. The average molecular weight is 506 g/mol. The number of fused-ring (bicyclic) bond motifs is 1. The molecule has 26 heavy (non-hydrogen) atoms. The van der Waals surface area contributed by atoms with E-state index in [-0.39, 0.29) is 22.5 Å². The van der Waals surface area contributed by atoms with Gasteiger partial charge < -0.3 is 4.90 Å². The molecule has 5 nitrogen and oxygen atoms in total. The van der Waals surface area contributed by atoms with Crippen LogP contribution in [0, 0.1) is 5.82 Å². The Balaban J connectivity index is 2.13. The highest BCUT2D eigenvalue weighted by atomic mass is 79.9. The summed E-state index contributed by atoms with van der Waals surface area (Å²) < 4.78 is 43.4. The van der Waals surface area contributed by atoms with Crippen LogP contribution in [0.25, 0.3) is 0 Å². The molecule has 0 aromatic heterocycles. The molecule has 1 amide bonds. The predicted octanol–water partition coefficient (Wildman–Crippen LogP) is 4.45. The van der Waals surface area contributed by atoms with Crippen molar-refractivity contribution in [1.29, 1.82) is 0 Å². The third kappa shape index (κ3) is 3.52. The van der Waals surface area contributed by atoms with E-state index < -0.39 is 15.8 Å². The van der Waals surface area contributed by atoms with Crippen LogP contribution in [0.2, 0.25) is 0 Å². The lowest BCUT2D eigenvalue weighted by atomic mass is 10.1. The van der Waals surface area contributed by atoms with E-state index in [9.17, 15) is 17.6 Å². The SMILES string of the molecule is CC(=O)N1c2c(cc(Br)cc2S(=O)(=O)Nc2ccc(Br)cc2F)C[C@H]1C. The minimum absolute atomic E-state index is 0.0660. The van der Waals surface area contributed by atoms with Crippen molar-refractivity contribution in [1.82, 2.24) is 0 Å². The summed E-state index contributed by atoms with van der Waals surface area (Å²) in [6.45, 7) is 3.25. The zero-order chi connectivity index (χ0) is 19.2. The Hall–Kier alpha value is -1.45. The summed E-state index contributed by atoms with van der Waals surface area (Å²) in [7, 11) is -4.12. The monoisotopic (exact) mass is 504 g/mol. The molecule has 2 aromatic carbocycles. The largest absolute Gasteiger partial charge is 0.308 e. The maximum absolute atomic E-state index is 14.1. The quantitative estimate of drug-likeness (QED) is 0.670. The number of nitrogens with zero attached hydrogens (tertiary/aromatic N) is 1. The molecule has 0 bridgehead atoms. The van der Waals surface area contributed by atoms with E-state index in [1.807, 2.05) is 6.92 Å². The molecular weight excluding hydrogens is 491 g/mol. The molecule has 138 valence electrons. The lowest BCUT2D eigenvalue weighted by Crippen LogP contribution is -2.34. The lowest BCUT2D eigenvalue weighted by molar-refractivity contribution is -0.116. The number of amides is 1. The zero-order valence-electron chi connectivity index (χ0n) is 13.9. The van der Waals surface area contributed by atoms with Gasteiger partial charge in [0.25, 0.3) is 10.0 Å². The molecule has 0 saturated heterocycles. The maximum Gasteiger partial charge on any atom is 0.264 e. The summed E-state index contributed by atoms with van der Waals surface area (Å²) >= 11 is 6.45. The summed E-state index contributed by atoms with van der Waals surface area (Å²) in [6, 6.07) is 7.11. The smallest absolute Gasteiger partial charge is 0.264 e. The van der Waals surface area contributed by atoms with Gasteiger partial charge in [-0.25, -0.2) is 12.8 Å². The fourth-order valence-corrected chi connectivity index (χ4v) is 5.45. The number of halogens is 3. The van der Waals surface area contributed by atoms with E-state index in [1.165, 1.54) is 36.1 Å². The molecule has 1 aliphatic heterocycles. The second-order valence-electron chi connectivity index (χ2n) is 6.08.